The third-order valence-electron chi connectivity index (χ3n) is 0.908. The fourth-order valence-corrected chi connectivity index (χ4v) is 1.66. The Hall–Kier alpha value is 1.41. The molecule has 0 spiro atoms. The van der Waals surface area contributed by atoms with Crippen molar-refractivity contribution in [3.05, 3.63) is 0 Å². The molecule has 0 saturated heterocycles. The molecule has 0 aromatic rings. The summed E-state index contributed by atoms with van der Waals surface area (Å²) in [6.07, 6.45) is 0. The molecule has 0 amide bonds. The number of rotatable bonds is 6. The van der Waals surface area contributed by atoms with Crippen LogP contribution in [0.5, 0.6) is 0 Å². The normalized spacial score (nSPS) is 9.00. The van der Waals surface area contributed by atoms with Crippen LogP contribution in [0.2, 0.25) is 0 Å². The molecule has 0 rings (SSSR count). The molecule has 0 aromatic heterocycles. The van der Waals surface area contributed by atoms with E-state index < -0.39 is 15.1 Å². The molecule has 0 aliphatic rings. The van der Waals surface area contributed by atoms with Crippen molar-refractivity contribution in [2.45, 2.75) is 20.8 Å². The van der Waals surface area contributed by atoms with Crippen molar-refractivity contribution >= 4 is 44.7 Å². The van der Waals surface area contributed by atoms with Gasteiger partial charge in [-0.3, -0.25) is 0 Å². The molecule has 0 saturated carbocycles. The van der Waals surface area contributed by atoms with Gasteiger partial charge in [-0.1, -0.05) is 0 Å². The topological polar surface area (TPSA) is 27.7 Å². The summed E-state index contributed by atoms with van der Waals surface area (Å²) in [4.78, 5) is 0. The van der Waals surface area contributed by atoms with Crippen LogP contribution < -0.4 is 0 Å². The van der Waals surface area contributed by atoms with Crippen LogP contribution in [0, 0.1) is 0 Å². The minimum atomic E-state index is -1.73. The van der Waals surface area contributed by atoms with E-state index in [1.54, 1.807) is 0 Å². The van der Waals surface area contributed by atoms with Crippen LogP contribution in [0.4, 0.5) is 0 Å². The van der Waals surface area contributed by atoms with E-state index in [2.05, 4.69) is 0 Å². The van der Waals surface area contributed by atoms with E-state index in [1.807, 2.05) is 20.8 Å². The molecular weight excluding hydrogens is 170 g/mol. The van der Waals surface area contributed by atoms with E-state index in [-0.39, 0.29) is 29.6 Å². The fourth-order valence-electron chi connectivity index (χ4n) is 0.553. The van der Waals surface area contributed by atoms with Gasteiger partial charge < -0.3 is 11.4 Å². The summed E-state index contributed by atoms with van der Waals surface area (Å²) in [5.41, 5.74) is 0. The van der Waals surface area contributed by atoms with Crippen LogP contribution in [0.15, 0.2) is 0 Å². The third-order valence-corrected chi connectivity index (χ3v) is 2.72. The van der Waals surface area contributed by atoms with E-state index in [1.165, 1.54) is 0 Å². The average molecular weight is 185 g/mol. The first kappa shape index (κ1) is 14.9. The predicted molar refractivity (Wildman–Crippen MR) is 46.4 cm³/mol. The molecule has 0 bridgehead atoms. The van der Waals surface area contributed by atoms with Gasteiger partial charge in [0.05, 0.1) is 0 Å². The maximum Gasteiger partial charge on any atom is 0.905 e. The smallest absolute Gasteiger partial charge is 0.455 e. The van der Waals surface area contributed by atoms with Gasteiger partial charge in [-0.05, 0) is 20.8 Å². The summed E-state index contributed by atoms with van der Waals surface area (Å²) < 4.78 is 15.7. The molecule has 0 N–H and O–H groups in total. The minimum absolute atomic E-state index is 0. The van der Waals surface area contributed by atoms with Crippen molar-refractivity contribution < 1.29 is 11.4 Å². The molecule has 5 heteroatoms. The summed E-state index contributed by atoms with van der Waals surface area (Å²) in [5, 5.41) is 0. The van der Waals surface area contributed by atoms with Crippen molar-refractivity contribution in [2.24, 2.45) is 0 Å². The molecule has 0 aliphatic carbocycles. The van der Waals surface area contributed by atoms with Crippen LogP contribution in [0.25, 0.3) is 0 Å². The molecule has 0 fully saturated rings. The first-order valence-corrected chi connectivity index (χ1v) is 5.11. The first-order chi connectivity index (χ1) is 4.85. The Labute approximate surface area is 96.1 Å². The maximum atomic E-state index is 5.22. The monoisotopic (exact) mass is 185 g/mol. The van der Waals surface area contributed by atoms with Gasteiger partial charge >= 0.3 is 15.1 Å². The Bertz CT molecular complexity index is 60.6. The second kappa shape index (κ2) is 11.4. The molecule has 0 atom stereocenters. The summed E-state index contributed by atoms with van der Waals surface area (Å²) in [6, 6.07) is 0. The summed E-state index contributed by atoms with van der Waals surface area (Å²) >= 11 is -1.73. The van der Waals surface area contributed by atoms with Crippen molar-refractivity contribution in [3.63, 3.8) is 0 Å². The summed E-state index contributed by atoms with van der Waals surface area (Å²) in [5.74, 6) is 0. The van der Waals surface area contributed by atoms with E-state index in [4.69, 9.17) is 11.4 Å². The molecule has 1 radical (unpaired) electrons. The van der Waals surface area contributed by atoms with Crippen LogP contribution >= 0.6 is 0 Å². The zero-order chi connectivity index (χ0) is 7.82. The van der Waals surface area contributed by atoms with E-state index in [0.29, 0.717) is 19.8 Å². The molecule has 0 aromatic carbocycles. The van der Waals surface area contributed by atoms with E-state index >= 15 is 0 Å². The van der Waals surface area contributed by atoms with E-state index in [9.17, 15) is 0 Å². The maximum absolute atomic E-state index is 5.22. The van der Waals surface area contributed by atoms with Crippen LogP contribution in [-0.4, -0.2) is 64.5 Å². The van der Waals surface area contributed by atoms with Gasteiger partial charge in [0.25, 0.3) is 0 Å². The second-order valence-corrected chi connectivity index (χ2v) is 3.23. The van der Waals surface area contributed by atoms with Crippen LogP contribution in [0.3, 0.4) is 0 Å². The van der Waals surface area contributed by atoms with Gasteiger partial charge in [0.2, 0.25) is 0 Å². The van der Waals surface area contributed by atoms with Crippen molar-refractivity contribution in [1.82, 2.24) is 0 Å². The number of hydrogen-bond acceptors (Lipinski definition) is 3. The Balaban J connectivity index is 0. The van der Waals surface area contributed by atoms with Crippen molar-refractivity contribution in [3.8, 4) is 0 Å². The second-order valence-electron chi connectivity index (χ2n) is 1.65. The SMILES string of the molecule is CC[O][Al]([O]CC)[O]CC.[Na]. The molecule has 11 heavy (non-hydrogen) atoms. The Morgan fingerprint density at radius 1 is 0.818 bits per heavy atom. The Morgan fingerprint density at radius 3 is 1.27 bits per heavy atom. The largest absolute Gasteiger partial charge is 0.905 e. The molecule has 0 unspecified atom stereocenters. The van der Waals surface area contributed by atoms with E-state index in [0.717, 1.165) is 0 Å². The van der Waals surface area contributed by atoms with Gasteiger partial charge in [-0.2, -0.15) is 0 Å². The van der Waals surface area contributed by atoms with Gasteiger partial charge in [0.1, 0.15) is 0 Å². The van der Waals surface area contributed by atoms with Crippen LogP contribution in [0.1, 0.15) is 20.8 Å². The minimum Gasteiger partial charge on any atom is -0.455 e. The van der Waals surface area contributed by atoms with Crippen molar-refractivity contribution in [1.29, 1.82) is 0 Å². The average Bonchev–Trinajstić information content (AvgIpc) is 1.90. The number of hydrogen-bond donors (Lipinski definition) is 0. The summed E-state index contributed by atoms with van der Waals surface area (Å²) in [6.45, 7) is 7.86. The molecule has 0 heterocycles. The third kappa shape index (κ3) is 9.33. The first-order valence-electron chi connectivity index (χ1n) is 3.69. The quantitative estimate of drug-likeness (QED) is 0.570. The van der Waals surface area contributed by atoms with Crippen molar-refractivity contribution in [2.75, 3.05) is 19.8 Å². The zero-order valence-electron chi connectivity index (χ0n) is 7.92. The molecule has 3 nitrogen and oxygen atoms in total. The Kier molecular flexibility index (Phi) is 15.5. The zero-order valence-corrected chi connectivity index (χ0v) is 11.1. The predicted octanol–water partition coefficient (Wildman–Crippen LogP) is 0.700. The molecule has 61 valence electrons. The summed E-state index contributed by atoms with van der Waals surface area (Å²) in [7, 11) is 0. The fraction of sp³-hybridized carbons (Fsp3) is 1.00. The van der Waals surface area contributed by atoms with Gasteiger partial charge in [-0.25, -0.2) is 0 Å². The standard InChI is InChI=1S/3C2H5O.Al.Na/c3*1-2-3;;/h3*2H2,1H3;;/q3*-1;+3;. The van der Waals surface area contributed by atoms with Gasteiger partial charge in [0.15, 0.2) is 0 Å². The van der Waals surface area contributed by atoms with Crippen LogP contribution in [-0.2, 0) is 11.4 Å². The van der Waals surface area contributed by atoms with Gasteiger partial charge in [0, 0.05) is 49.4 Å². The Morgan fingerprint density at radius 2 is 1.09 bits per heavy atom. The molecule has 0 aliphatic heterocycles. The van der Waals surface area contributed by atoms with Gasteiger partial charge in [-0.15, -0.1) is 0 Å². The molecular formula is C6H15AlNaO3.